The third kappa shape index (κ3) is 2.54. The van der Waals surface area contributed by atoms with Gasteiger partial charge >= 0.3 is 0 Å². The third-order valence-electron chi connectivity index (χ3n) is 2.43. The molecule has 1 N–H and O–H groups in total. The zero-order valence-electron chi connectivity index (χ0n) is 9.55. The summed E-state index contributed by atoms with van der Waals surface area (Å²) in [6.07, 6.45) is 1.35. The second-order valence-electron chi connectivity index (χ2n) is 3.53. The Hall–Kier alpha value is -0.940. The fourth-order valence-electron chi connectivity index (χ4n) is 1.47. The molecule has 1 heterocycles. The van der Waals surface area contributed by atoms with Crippen molar-refractivity contribution in [2.45, 2.75) is 0 Å². The second kappa shape index (κ2) is 5.59. The van der Waals surface area contributed by atoms with Crippen molar-refractivity contribution < 1.29 is 4.79 Å². The molecule has 0 aliphatic rings. The normalized spacial score (nSPS) is 10.6. The molecule has 1 amide bonds. The topological polar surface area (TPSA) is 46.9 Å². The van der Waals surface area contributed by atoms with E-state index in [4.69, 9.17) is 46.4 Å². The van der Waals surface area contributed by atoms with Crippen LogP contribution < -0.4 is 5.32 Å². The van der Waals surface area contributed by atoms with Crippen LogP contribution in [-0.4, -0.2) is 22.7 Å². The molecule has 19 heavy (non-hydrogen) atoms. The Morgan fingerprint density at radius 3 is 2.53 bits per heavy atom. The van der Waals surface area contributed by atoms with E-state index in [2.05, 4.69) is 10.4 Å². The van der Waals surface area contributed by atoms with Crippen LogP contribution in [0.3, 0.4) is 0 Å². The van der Waals surface area contributed by atoms with Crippen molar-refractivity contribution in [1.29, 1.82) is 0 Å². The molecule has 0 bridgehead atoms. The molecule has 8 heteroatoms. The molecule has 0 aliphatic heterocycles. The van der Waals surface area contributed by atoms with Gasteiger partial charge in [0, 0.05) is 7.05 Å². The smallest absolute Gasteiger partial charge is 0.255 e. The number of hydrogen-bond donors (Lipinski definition) is 1. The SMILES string of the molecule is CNC(=O)c1cnn(-c2ccc(Cl)c(Cl)c2Cl)c1Cl. The molecule has 2 aromatic rings. The Kier molecular flexibility index (Phi) is 4.26. The summed E-state index contributed by atoms with van der Waals surface area (Å²) >= 11 is 24.0. The number of carbonyl (C=O) groups excluding carboxylic acids is 1. The summed E-state index contributed by atoms with van der Waals surface area (Å²) in [7, 11) is 1.50. The van der Waals surface area contributed by atoms with Crippen LogP contribution in [0.2, 0.25) is 20.2 Å². The molecule has 1 aromatic heterocycles. The molecule has 4 nitrogen and oxygen atoms in total. The van der Waals surface area contributed by atoms with Gasteiger partial charge in [-0.1, -0.05) is 46.4 Å². The van der Waals surface area contributed by atoms with Gasteiger partial charge in [-0.2, -0.15) is 5.10 Å². The average molecular weight is 339 g/mol. The molecule has 2 rings (SSSR count). The van der Waals surface area contributed by atoms with Crippen LogP contribution in [0, 0.1) is 0 Å². The van der Waals surface area contributed by atoms with Gasteiger partial charge in [0.15, 0.2) is 0 Å². The molecular formula is C11H7Cl4N3O. The average Bonchev–Trinajstić information content (AvgIpc) is 2.77. The molecule has 0 aliphatic carbocycles. The third-order valence-corrected chi connectivity index (χ3v) is 4.07. The van der Waals surface area contributed by atoms with Gasteiger partial charge in [0.05, 0.1) is 32.5 Å². The summed E-state index contributed by atoms with van der Waals surface area (Å²) in [5, 5.41) is 7.37. The number of benzene rings is 1. The van der Waals surface area contributed by atoms with Gasteiger partial charge in [-0.3, -0.25) is 4.79 Å². The number of nitrogens with one attached hydrogen (secondary N) is 1. The van der Waals surface area contributed by atoms with Crippen molar-refractivity contribution >= 4 is 52.3 Å². The Morgan fingerprint density at radius 2 is 1.89 bits per heavy atom. The van der Waals surface area contributed by atoms with E-state index in [0.717, 1.165) is 0 Å². The fraction of sp³-hybridized carbons (Fsp3) is 0.0909. The quantitative estimate of drug-likeness (QED) is 0.845. The number of hydrogen-bond acceptors (Lipinski definition) is 2. The molecular weight excluding hydrogens is 332 g/mol. The standard InChI is InChI=1S/C11H7Cl4N3O/c1-16-11(19)5-4-17-18(10(5)15)7-3-2-6(12)8(13)9(7)14/h2-4H,1H3,(H,16,19). The summed E-state index contributed by atoms with van der Waals surface area (Å²) in [4.78, 5) is 11.6. The van der Waals surface area contributed by atoms with Gasteiger partial charge in [-0.05, 0) is 12.1 Å². The van der Waals surface area contributed by atoms with Crippen molar-refractivity contribution in [3.05, 3.63) is 44.1 Å². The highest BCUT2D eigenvalue weighted by atomic mass is 35.5. The molecule has 100 valence electrons. The van der Waals surface area contributed by atoms with Crippen LogP contribution >= 0.6 is 46.4 Å². The van der Waals surface area contributed by atoms with Gasteiger partial charge in [-0.25, -0.2) is 4.68 Å². The van der Waals surface area contributed by atoms with Gasteiger partial charge < -0.3 is 5.32 Å². The number of carbonyl (C=O) groups is 1. The zero-order valence-corrected chi connectivity index (χ0v) is 12.6. The van der Waals surface area contributed by atoms with E-state index in [0.29, 0.717) is 10.7 Å². The summed E-state index contributed by atoms with van der Waals surface area (Å²) in [5.74, 6) is -0.340. The van der Waals surface area contributed by atoms with E-state index >= 15 is 0 Å². The van der Waals surface area contributed by atoms with Crippen LogP contribution in [0.4, 0.5) is 0 Å². The van der Waals surface area contributed by atoms with Gasteiger partial charge in [-0.15, -0.1) is 0 Å². The Bertz CT molecular complexity index is 654. The van der Waals surface area contributed by atoms with E-state index in [1.54, 1.807) is 12.1 Å². The largest absolute Gasteiger partial charge is 0.355 e. The maximum Gasteiger partial charge on any atom is 0.255 e. The first-order valence-corrected chi connectivity index (χ1v) is 6.58. The number of halogens is 4. The molecule has 0 fully saturated rings. The maximum absolute atomic E-state index is 11.6. The molecule has 0 atom stereocenters. The molecule has 0 unspecified atom stereocenters. The lowest BCUT2D eigenvalue weighted by Crippen LogP contribution is -2.17. The second-order valence-corrected chi connectivity index (χ2v) is 5.06. The Labute approximate surface area is 129 Å². The number of rotatable bonds is 2. The van der Waals surface area contributed by atoms with Crippen molar-refractivity contribution in [2.75, 3.05) is 7.05 Å². The van der Waals surface area contributed by atoms with E-state index < -0.39 is 0 Å². The highest BCUT2D eigenvalue weighted by Crippen LogP contribution is 2.35. The highest BCUT2D eigenvalue weighted by Gasteiger charge is 2.18. The van der Waals surface area contributed by atoms with Gasteiger partial charge in [0.25, 0.3) is 5.91 Å². The van der Waals surface area contributed by atoms with Crippen LogP contribution in [0.1, 0.15) is 10.4 Å². The first kappa shape index (κ1) is 14.5. The molecule has 0 saturated carbocycles. The van der Waals surface area contributed by atoms with E-state index in [1.165, 1.54) is 17.9 Å². The highest BCUT2D eigenvalue weighted by molar-refractivity contribution is 6.48. The molecule has 0 spiro atoms. The summed E-state index contributed by atoms with van der Waals surface area (Å²) in [5.41, 5.74) is 0.683. The number of aromatic nitrogens is 2. The van der Waals surface area contributed by atoms with Crippen molar-refractivity contribution in [3.8, 4) is 5.69 Å². The van der Waals surface area contributed by atoms with Crippen molar-refractivity contribution in [3.63, 3.8) is 0 Å². The summed E-state index contributed by atoms with van der Waals surface area (Å²) < 4.78 is 1.32. The molecule has 0 saturated heterocycles. The van der Waals surface area contributed by atoms with E-state index in [-0.39, 0.29) is 26.7 Å². The zero-order chi connectivity index (χ0) is 14.2. The van der Waals surface area contributed by atoms with E-state index in [9.17, 15) is 4.79 Å². The maximum atomic E-state index is 11.6. The number of amides is 1. The minimum absolute atomic E-state index is 0.139. The number of nitrogens with zero attached hydrogens (tertiary/aromatic N) is 2. The van der Waals surface area contributed by atoms with Crippen LogP contribution in [-0.2, 0) is 0 Å². The van der Waals surface area contributed by atoms with Crippen molar-refractivity contribution in [1.82, 2.24) is 15.1 Å². The van der Waals surface area contributed by atoms with Crippen LogP contribution in [0.25, 0.3) is 5.69 Å². The molecule has 1 aromatic carbocycles. The Morgan fingerprint density at radius 1 is 1.21 bits per heavy atom. The monoisotopic (exact) mass is 337 g/mol. The first-order chi connectivity index (χ1) is 8.97. The molecule has 0 radical (unpaired) electrons. The first-order valence-electron chi connectivity index (χ1n) is 5.06. The lowest BCUT2D eigenvalue weighted by molar-refractivity contribution is 0.0963. The predicted octanol–water partition coefficient (Wildman–Crippen LogP) is 3.85. The van der Waals surface area contributed by atoms with Gasteiger partial charge in [0.1, 0.15) is 5.15 Å². The lowest BCUT2D eigenvalue weighted by atomic mass is 10.3. The Balaban J connectivity index is 2.58. The minimum Gasteiger partial charge on any atom is -0.355 e. The summed E-state index contributed by atoms with van der Waals surface area (Å²) in [6, 6.07) is 3.19. The van der Waals surface area contributed by atoms with Crippen LogP contribution in [0.15, 0.2) is 18.3 Å². The fourth-order valence-corrected chi connectivity index (χ4v) is 2.35. The van der Waals surface area contributed by atoms with Crippen LogP contribution in [0.5, 0.6) is 0 Å². The lowest BCUT2D eigenvalue weighted by Gasteiger charge is -2.08. The summed E-state index contributed by atoms with van der Waals surface area (Å²) in [6.45, 7) is 0. The van der Waals surface area contributed by atoms with E-state index in [1.807, 2.05) is 0 Å². The van der Waals surface area contributed by atoms with Crippen molar-refractivity contribution in [2.24, 2.45) is 0 Å². The minimum atomic E-state index is -0.340. The predicted molar refractivity (Wildman–Crippen MR) is 77.0 cm³/mol. The van der Waals surface area contributed by atoms with Gasteiger partial charge in [0.2, 0.25) is 0 Å².